The third kappa shape index (κ3) is 3.22. The maximum Gasteiger partial charge on any atom is 0.214 e. The minimum atomic E-state index is 0.166. The number of hydrogen-bond acceptors (Lipinski definition) is 7. The van der Waals surface area contributed by atoms with Gasteiger partial charge in [0.05, 0.1) is 26.1 Å². The molecule has 0 fully saturated rings. The molecule has 0 spiro atoms. The molecule has 3 aromatic rings. The number of fused-ring (bicyclic) bond motifs is 1. The molecule has 2 heterocycles. The van der Waals surface area contributed by atoms with Gasteiger partial charge in [0.15, 0.2) is 11.5 Å². The van der Waals surface area contributed by atoms with Crippen LogP contribution in [-0.2, 0) is 0 Å². The quantitative estimate of drug-likeness (QED) is 0.645. The van der Waals surface area contributed by atoms with Crippen molar-refractivity contribution in [2.24, 2.45) is 0 Å². The molecule has 0 amide bonds. The number of rotatable bonds is 7. The van der Waals surface area contributed by atoms with E-state index in [-0.39, 0.29) is 6.61 Å². The van der Waals surface area contributed by atoms with Gasteiger partial charge < -0.3 is 19.9 Å². The lowest BCUT2D eigenvalue weighted by molar-refractivity contribution is 0.292. The SMILES string of the molecule is COc1ccc(-c2cn3nc(NCCCO)sc3n2)cc1OC. The highest BCUT2D eigenvalue weighted by Gasteiger charge is 2.12. The molecule has 2 N–H and O–H groups in total. The minimum Gasteiger partial charge on any atom is -0.493 e. The van der Waals surface area contributed by atoms with E-state index in [4.69, 9.17) is 14.6 Å². The Bertz CT molecular complexity index is 768. The third-order valence-corrected chi connectivity index (χ3v) is 4.21. The van der Waals surface area contributed by atoms with Crippen LogP contribution in [0.5, 0.6) is 11.5 Å². The lowest BCUT2D eigenvalue weighted by atomic mass is 10.1. The van der Waals surface area contributed by atoms with Gasteiger partial charge >= 0.3 is 0 Å². The van der Waals surface area contributed by atoms with E-state index in [1.54, 1.807) is 18.7 Å². The standard InChI is InChI=1S/C15H18N4O3S/c1-21-12-5-4-10(8-13(12)22-2)11-9-19-15(17-11)23-14(18-19)16-6-3-7-20/h4-5,8-9,20H,3,6-7H2,1-2H3,(H,16,18). The van der Waals surface area contributed by atoms with Gasteiger partial charge in [-0.15, -0.1) is 5.10 Å². The van der Waals surface area contributed by atoms with Gasteiger partial charge in [-0.1, -0.05) is 11.3 Å². The van der Waals surface area contributed by atoms with E-state index in [1.807, 2.05) is 24.4 Å². The van der Waals surface area contributed by atoms with Gasteiger partial charge in [0, 0.05) is 18.7 Å². The van der Waals surface area contributed by atoms with Gasteiger partial charge in [0.1, 0.15) is 0 Å². The Balaban J connectivity index is 1.84. The van der Waals surface area contributed by atoms with Crippen molar-refractivity contribution < 1.29 is 14.6 Å². The molecule has 0 aliphatic rings. The molecule has 0 saturated heterocycles. The first kappa shape index (κ1) is 15.6. The molecule has 0 aliphatic carbocycles. The second-order valence-corrected chi connectivity index (χ2v) is 5.79. The Morgan fingerprint density at radius 1 is 1.26 bits per heavy atom. The van der Waals surface area contributed by atoms with Crippen LogP contribution in [0.2, 0.25) is 0 Å². The summed E-state index contributed by atoms with van der Waals surface area (Å²) in [4.78, 5) is 5.40. The Morgan fingerprint density at radius 2 is 2.09 bits per heavy atom. The Hall–Kier alpha value is -2.32. The van der Waals surface area contributed by atoms with E-state index in [9.17, 15) is 0 Å². The molecule has 23 heavy (non-hydrogen) atoms. The van der Waals surface area contributed by atoms with Crippen LogP contribution in [0.25, 0.3) is 16.2 Å². The molecule has 0 aliphatic heterocycles. The van der Waals surface area contributed by atoms with Gasteiger partial charge in [-0.25, -0.2) is 9.50 Å². The highest BCUT2D eigenvalue weighted by Crippen LogP contribution is 2.32. The number of imidazole rings is 1. The molecule has 0 radical (unpaired) electrons. The van der Waals surface area contributed by atoms with Gasteiger partial charge in [0.2, 0.25) is 10.1 Å². The summed E-state index contributed by atoms with van der Waals surface area (Å²) in [5, 5.41) is 17.2. The fourth-order valence-electron chi connectivity index (χ4n) is 2.18. The van der Waals surface area contributed by atoms with Crippen molar-refractivity contribution in [3.8, 4) is 22.8 Å². The van der Waals surface area contributed by atoms with Crippen molar-refractivity contribution in [2.75, 3.05) is 32.7 Å². The summed E-state index contributed by atoms with van der Waals surface area (Å²) in [5.74, 6) is 1.35. The summed E-state index contributed by atoms with van der Waals surface area (Å²) in [5.41, 5.74) is 1.77. The number of nitrogens with one attached hydrogen (secondary N) is 1. The number of methoxy groups -OCH3 is 2. The molecule has 0 bridgehead atoms. The predicted octanol–water partition coefficient (Wildman–Crippen LogP) is 2.27. The number of aromatic nitrogens is 3. The summed E-state index contributed by atoms with van der Waals surface area (Å²) in [6.45, 7) is 0.856. The molecule has 122 valence electrons. The van der Waals surface area contributed by atoms with Crippen molar-refractivity contribution >= 4 is 21.4 Å². The fraction of sp³-hybridized carbons (Fsp3) is 0.333. The van der Waals surface area contributed by atoms with Crippen LogP contribution >= 0.6 is 11.3 Å². The first-order chi connectivity index (χ1) is 11.2. The third-order valence-electron chi connectivity index (χ3n) is 3.33. The molecule has 0 atom stereocenters. The smallest absolute Gasteiger partial charge is 0.214 e. The molecule has 1 aromatic carbocycles. The summed E-state index contributed by atoms with van der Waals surface area (Å²) >= 11 is 1.47. The second-order valence-electron chi connectivity index (χ2n) is 4.83. The van der Waals surface area contributed by atoms with Crippen LogP contribution in [-0.4, -0.2) is 47.1 Å². The highest BCUT2D eigenvalue weighted by molar-refractivity contribution is 7.20. The zero-order valence-electron chi connectivity index (χ0n) is 12.9. The number of benzene rings is 1. The minimum absolute atomic E-state index is 0.166. The summed E-state index contributed by atoms with van der Waals surface area (Å²) in [7, 11) is 3.22. The van der Waals surface area contributed by atoms with E-state index < -0.39 is 0 Å². The van der Waals surface area contributed by atoms with Gasteiger partial charge in [-0.3, -0.25) is 0 Å². The van der Waals surface area contributed by atoms with Crippen molar-refractivity contribution in [3.63, 3.8) is 0 Å². The van der Waals surface area contributed by atoms with E-state index >= 15 is 0 Å². The van der Waals surface area contributed by atoms with Gasteiger partial charge in [-0.05, 0) is 24.6 Å². The monoisotopic (exact) mass is 334 g/mol. The topological polar surface area (TPSA) is 80.9 Å². The molecule has 8 heteroatoms. The van der Waals surface area contributed by atoms with Gasteiger partial charge in [-0.2, -0.15) is 0 Å². The Morgan fingerprint density at radius 3 is 2.78 bits per heavy atom. The molecule has 2 aromatic heterocycles. The summed E-state index contributed by atoms with van der Waals surface area (Å²) in [6, 6.07) is 5.69. The van der Waals surface area contributed by atoms with Crippen LogP contribution < -0.4 is 14.8 Å². The molecular weight excluding hydrogens is 316 g/mol. The average molecular weight is 334 g/mol. The van der Waals surface area contributed by atoms with Gasteiger partial charge in [0.25, 0.3) is 0 Å². The zero-order valence-corrected chi connectivity index (χ0v) is 13.8. The number of aliphatic hydroxyl groups is 1. The van der Waals surface area contributed by atoms with Crippen molar-refractivity contribution in [1.29, 1.82) is 0 Å². The Labute approximate surface area is 137 Å². The molecule has 7 nitrogen and oxygen atoms in total. The van der Waals surface area contributed by atoms with E-state index in [0.717, 1.165) is 21.3 Å². The van der Waals surface area contributed by atoms with Crippen molar-refractivity contribution in [2.45, 2.75) is 6.42 Å². The van der Waals surface area contributed by atoms with E-state index in [2.05, 4.69) is 15.4 Å². The van der Waals surface area contributed by atoms with E-state index in [1.165, 1.54) is 11.3 Å². The maximum absolute atomic E-state index is 8.79. The molecule has 3 rings (SSSR count). The van der Waals surface area contributed by atoms with E-state index in [0.29, 0.717) is 24.5 Å². The number of aliphatic hydroxyl groups excluding tert-OH is 1. The summed E-state index contributed by atoms with van der Waals surface area (Å²) < 4.78 is 12.3. The summed E-state index contributed by atoms with van der Waals surface area (Å²) in [6.07, 6.45) is 2.57. The first-order valence-electron chi connectivity index (χ1n) is 7.18. The molecule has 0 saturated carbocycles. The maximum atomic E-state index is 8.79. The van der Waals surface area contributed by atoms with Crippen molar-refractivity contribution in [1.82, 2.24) is 14.6 Å². The number of ether oxygens (including phenoxy) is 2. The molecule has 0 unspecified atom stereocenters. The molecular formula is C15H18N4O3S. The van der Waals surface area contributed by atoms with Crippen LogP contribution in [0, 0.1) is 0 Å². The average Bonchev–Trinajstić information content (AvgIpc) is 3.13. The normalized spacial score (nSPS) is 10.9. The second kappa shape index (κ2) is 6.84. The largest absolute Gasteiger partial charge is 0.493 e. The Kier molecular flexibility index (Phi) is 4.63. The predicted molar refractivity (Wildman–Crippen MR) is 89.6 cm³/mol. The van der Waals surface area contributed by atoms with Crippen LogP contribution in [0.4, 0.5) is 5.13 Å². The zero-order chi connectivity index (χ0) is 16.2. The lowest BCUT2D eigenvalue weighted by Gasteiger charge is -2.08. The number of hydrogen-bond donors (Lipinski definition) is 2. The van der Waals surface area contributed by atoms with Crippen LogP contribution in [0.1, 0.15) is 6.42 Å². The first-order valence-corrected chi connectivity index (χ1v) is 8.00. The number of nitrogens with zero attached hydrogens (tertiary/aromatic N) is 3. The van der Waals surface area contributed by atoms with Crippen molar-refractivity contribution in [3.05, 3.63) is 24.4 Å². The lowest BCUT2D eigenvalue weighted by Crippen LogP contribution is -2.03. The van der Waals surface area contributed by atoms with Crippen LogP contribution in [0.3, 0.4) is 0 Å². The van der Waals surface area contributed by atoms with Crippen LogP contribution in [0.15, 0.2) is 24.4 Å². The fourth-order valence-corrected chi connectivity index (χ4v) is 2.99. The highest BCUT2D eigenvalue weighted by atomic mass is 32.1. The number of anilines is 1.